The van der Waals surface area contributed by atoms with Gasteiger partial charge in [0.05, 0.1) is 12.6 Å². The zero-order valence-corrected chi connectivity index (χ0v) is 15.9. The van der Waals surface area contributed by atoms with Gasteiger partial charge in [0.15, 0.2) is 5.69 Å². The van der Waals surface area contributed by atoms with E-state index in [0.717, 1.165) is 70.5 Å². The molecule has 6 nitrogen and oxygen atoms in total. The van der Waals surface area contributed by atoms with Gasteiger partial charge in [0.1, 0.15) is 0 Å². The first-order valence-corrected chi connectivity index (χ1v) is 9.79. The lowest BCUT2D eigenvalue weighted by Crippen LogP contribution is -2.47. The zero-order valence-electron chi connectivity index (χ0n) is 15.9. The van der Waals surface area contributed by atoms with Gasteiger partial charge in [-0.1, -0.05) is 20.3 Å². The van der Waals surface area contributed by atoms with E-state index < -0.39 is 0 Å². The first-order chi connectivity index (χ1) is 12.2. The molecule has 1 atom stereocenters. The minimum absolute atomic E-state index is 0.110. The number of hydrogen-bond donors (Lipinski definition) is 0. The Morgan fingerprint density at radius 2 is 2.12 bits per heavy atom. The molecule has 1 aromatic rings. The molecule has 1 aromatic heterocycles. The van der Waals surface area contributed by atoms with Crippen LogP contribution in [0.5, 0.6) is 0 Å². The van der Waals surface area contributed by atoms with Crippen molar-refractivity contribution in [2.75, 3.05) is 33.3 Å². The Morgan fingerprint density at radius 1 is 1.36 bits per heavy atom. The molecular formula is C19H32N4O2. The average molecular weight is 348 g/mol. The number of piperidine rings is 1. The van der Waals surface area contributed by atoms with E-state index >= 15 is 0 Å². The predicted octanol–water partition coefficient (Wildman–Crippen LogP) is 2.18. The number of hydrogen-bond acceptors (Lipinski definition) is 4. The van der Waals surface area contributed by atoms with Gasteiger partial charge in [0.2, 0.25) is 0 Å². The second-order valence-electron chi connectivity index (χ2n) is 7.28. The SMILES string of the molecule is CCCCN(C(=O)c1cc2n(n1)C[C@@H](OC)C2)C1CCN(CC)CC1. The third-order valence-electron chi connectivity index (χ3n) is 5.69. The molecule has 25 heavy (non-hydrogen) atoms. The highest BCUT2D eigenvalue weighted by Gasteiger charge is 2.31. The lowest BCUT2D eigenvalue weighted by atomic mass is 10.0. The monoisotopic (exact) mass is 348 g/mol. The van der Waals surface area contributed by atoms with Gasteiger partial charge in [-0.3, -0.25) is 9.48 Å². The number of aromatic nitrogens is 2. The summed E-state index contributed by atoms with van der Waals surface area (Å²) in [6.07, 6.45) is 5.35. The van der Waals surface area contributed by atoms with Crippen LogP contribution in [0.15, 0.2) is 6.07 Å². The van der Waals surface area contributed by atoms with Crippen LogP contribution >= 0.6 is 0 Å². The Kier molecular flexibility index (Phi) is 6.12. The Bertz CT molecular complexity index is 554. The van der Waals surface area contributed by atoms with Crippen LogP contribution in [-0.4, -0.2) is 70.9 Å². The normalized spacial score (nSPS) is 21.5. The number of likely N-dealkylation sites (tertiary alicyclic amines) is 1. The smallest absolute Gasteiger partial charge is 0.274 e. The third-order valence-corrected chi connectivity index (χ3v) is 5.69. The molecule has 0 N–H and O–H groups in total. The Labute approximate surface area is 151 Å². The Balaban J connectivity index is 1.70. The second-order valence-corrected chi connectivity index (χ2v) is 7.28. The predicted molar refractivity (Wildman–Crippen MR) is 97.8 cm³/mol. The first-order valence-electron chi connectivity index (χ1n) is 9.79. The van der Waals surface area contributed by atoms with Crippen LogP contribution in [0.3, 0.4) is 0 Å². The van der Waals surface area contributed by atoms with Gasteiger partial charge in [0.25, 0.3) is 5.91 Å². The van der Waals surface area contributed by atoms with Crippen molar-refractivity contribution < 1.29 is 9.53 Å². The first kappa shape index (κ1) is 18.4. The molecule has 3 heterocycles. The van der Waals surface area contributed by atoms with E-state index in [2.05, 4.69) is 28.7 Å². The van der Waals surface area contributed by atoms with Gasteiger partial charge in [-0.05, 0) is 31.9 Å². The molecule has 0 bridgehead atoms. The number of carbonyl (C=O) groups is 1. The van der Waals surface area contributed by atoms with Crippen molar-refractivity contribution in [3.63, 3.8) is 0 Å². The van der Waals surface area contributed by atoms with Crippen molar-refractivity contribution in [1.82, 2.24) is 19.6 Å². The summed E-state index contributed by atoms with van der Waals surface area (Å²) in [6.45, 7) is 9.26. The summed E-state index contributed by atoms with van der Waals surface area (Å²) < 4.78 is 7.35. The van der Waals surface area contributed by atoms with E-state index in [-0.39, 0.29) is 12.0 Å². The quantitative estimate of drug-likeness (QED) is 0.758. The highest BCUT2D eigenvalue weighted by Crippen LogP contribution is 2.22. The average Bonchev–Trinajstić information content (AvgIpc) is 3.21. The number of nitrogens with zero attached hydrogens (tertiary/aromatic N) is 4. The van der Waals surface area contributed by atoms with Crippen LogP contribution in [0.1, 0.15) is 55.7 Å². The molecule has 1 fully saturated rings. The molecule has 0 aromatic carbocycles. The van der Waals surface area contributed by atoms with E-state index in [1.54, 1.807) is 7.11 Å². The number of unbranched alkanes of at least 4 members (excludes halogenated alkanes) is 1. The lowest BCUT2D eigenvalue weighted by Gasteiger charge is -2.38. The number of rotatable bonds is 7. The van der Waals surface area contributed by atoms with Gasteiger partial charge in [-0.15, -0.1) is 0 Å². The van der Waals surface area contributed by atoms with E-state index in [9.17, 15) is 4.79 Å². The molecule has 6 heteroatoms. The van der Waals surface area contributed by atoms with Crippen molar-refractivity contribution in [1.29, 1.82) is 0 Å². The highest BCUT2D eigenvalue weighted by atomic mass is 16.5. The topological polar surface area (TPSA) is 50.6 Å². The largest absolute Gasteiger partial charge is 0.379 e. The molecule has 0 saturated carbocycles. The molecular weight excluding hydrogens is 316 g/mol. The highest BCUT2D eigenvalue weighted by molar-refractivity contribution is 5.92. The molecule has 2 aliphatic rings. The summed E-state index contributed by atoms with van der Waals surface area (Å²) in [4.78, 5) is 17.7. The van der Waals surface area contributed by atoms with Gasteiger partial charge < -0.3 is 14.5 Å². The number of carbonyl (C=O) groups excluding carboxylic acids is 1. The number of methoxy groups -OCH3 is 1. The van der Waals surface area contributed by atoms with E-state index in [1.165, 1.54) is 0 Å². The standard InChI is InChI=1S/C19H32N4O2/c1-4-6-9-22(15-7-10-21(5-2)11-8-15)19(24)18-13-16-12-17(25-3)14-23(16)20-18/h13,15,17H,4-12,14H2,1-3H3/t17-/m0/s1. The summed E-state index contributed by atoms with van der Waals surface area (Å²) in [5.41, 5.74) is 1.73. The Hall–Kier alpha value is -1.40. The zero-order chi connectivity index (χ0) is 17.8. The van der Waals surface area contributed by atoms with E-state index in [1.807, 2.05) is 10.7 Å². The maximum absolute atomic E-state index is 13.2. The summed E-state index contributed by atoms with van der Waals surface area (Å²) in [7, 11) is 1.73. The van der Waals surface area contributed by atoms with Gasteiger partial charge in [-0.25, -0.2) is 0 Å². The fourth-order valence-corrected chi connectivity index (χ4v) is 4.00. The lowest BCUT2D eigenvalue weighted by molar-refractivity contribution is 0.0564. The summed E-state index contributed by atoms with van der Waals surface area (Å²) in [6, 6.07) is 2.33. The number of ether oxygens (including phenoxy) is 1. The van der Waals surface area contributed by atoms with Crippen molar-refractivity contribution in [2.24, 2.45) is 0 Å². The molecule has 0 unspecified atom stereocenters. The number of amides is 1. The Morgan fingerprint density at radius 3 is 2.72 bits per heavy atom. The fraction of sp³-hybridized carbons (Fsp3) is 0.789. The minimum atomic E-state index is 0.110. The van der Waals surface area contributed by atoms with Crippen molar-refractivity contribution in [3.8, 4) is 0 Å². The van der Waals surface area contributed by atoms with E-state index in [0.29, 0.717) is 11.7 Å². The van der Waals surface area contributed by atoms with E-state index in [4.69, 9.17) is 4.74 Å². The van der Waals surface area contributed by atoms with Gasteiger partial charge in [0, 0.05) is 44.9 Å². The van der Waals surface area contributed by atoms with Crippen LogP contribution in [0.4, 0.5) is 0 Å². The van der Waals surface area contributed by atoms with Gasteiger partial charge >= 0.3 is 0 Å². The summed E-state index contributed by atoms with van der Waals surface area (Å²) >= 11 is 0. The maximum atomic E-state index is 13.2. The minimum Gasteiger partial charge on any atom is -0.379 e. The molecule has 1 saturated heterocycles. The van der Waals surface area contributed by atoms with Gasteiger partial charge in [-0.2, -0.15) is 5.10 Å². The van der Waals surface area contributed by atoms with Crippen LogP contribution in [0, 0.1) is 0 Å². The molecule has 3 rings (SSSR count). The van der Waals surface area contributed by atoms with Crippen molar-refractivity contribution in [2.45, 2.75) is 64.6 Å². The number of fused-ring (bicyclic) bond motifs is 1. The maximum Gasteiger partial charge on any atom is 0.274 e. The van der Waals surface area contributed by atoms with Crippen LogP contribution in [0.2, 0.25) is 0 Å². The molecule has 0 radical (unpaired) electrons. The van der Waals surface area contributed by atoms with Crippen molar-refractivity contribution >= 4 is 5.91 Å². The molecule has 0 spiro atoms. The molecule has 0 aliphatic carbocycles. The van der Waals surface area contributed by atoms with Crippen LogP contribution in [0.25, 0.3) is 0 Å². The van der Waals surface area contributed by atoms with Crippen molar-refractivity contribution in [3.05, 3.63) is 17.5 Å². The molecule has 140 valence electrons. The second kappa shape index (κ2) is 8.32. The van der Waals surface area contributed by atoms with Crippen LogP contribution in [-0.2, 0) is 17.7 Å². The molecule has 2 aliphatic heterocycles. The summed E-state index contributed by atoms with van der Waals surface area (Å²) in [5.74, 6) is 0.110. The fourth-order valence-electron chi connectivity index (χ4n) is 4.00. The molecule has 1 amide bonds. The van der Waals surface area contributed by atoms with Crippen LogP contribution < -0.4 is 0 Å². The summed E-state index contributed by atoms with van der Waals surface area (Å²) in [5, 5.41) is 4.58. The third kappa shape index (κ3) is 4.06.